The third-order valence-electron chi connectivity index (χ3n) is 3.26. The van der Waals surface area contributed by atoms with Crippen LogP contribution < -0.4 is 5.32 Å². The summed E-state index contributed by atoms with van der Waals surface area (Å²) >= 11 is 5.25. The van der Waals surface area contributed by atoms with E-state index in [4.69, 9.17) is 0 Å². The fourth-order valence-corrected chi connectivity index (χ4v) is 3.43. The number of halogens is 1. The van der Waals surface area contributed by atoms with Crippen molar-refractivity contribution >= 4 is 32.9 Å². The Morgan fingerprint density at radius 2 is 2.14 bits per heavy atom. The lowest BCUT2D eigenvalue weighted by atomic mass is 10.2. The first kappa shape index (κ1) is 15.5. The molecule has 0 atom stereocenters. The van der Waals surface area contributed by atoms with Gasteiger partial charge in [0, 0.05) is 29.2 Å². The maximum absolute atomic E-state index is 4.61. The molecular weight excluding hydrogens is 360 g/mol. The van der Waals surface area contributed by atoms with Crippen LogP contribution in [-0.2, 0) is 12.3 Å². The molecule has 0 saturated heterocycles. The van der Waals surface area contributed by atoms with E-state index in [1.807, 2.05) is 18.3 Å². The average Bonchev–Trinajstić information content (AvgIpc) is 2.55. The van der Waals surface area contributed by atoms with Crippen molar-refractivity contribution in [2.75, 3.05) is 13.3 Å². The summed E-state index contributed by atoms with van der Waals surface area (Å²) in [6.07, 6.45) is 3.70. The zero-order valence-electron chi connectivity index (χ0n) is 12.1. The van der Waals surface area contributed by atoms with Crippen LogP contribution in [0.25, 0.3) is 0 Å². The van der Waals surface area contributed by atoms with Gasteiger partial charge in [-0.15, -0.1) is 0 Å². The Morgan fingerprint density at radius 3 is 2.86 bits per heavy atom. The molecule has 1 aliphatic rings. The van der Waals surface area contributed by atoms with Gasteiger partial charge in [0.2, 0.25) is 0 Å². The van der Waals surface area contributed by atoms with Gasteiger partial charge in [0.1, 0.15) is 0 Å². The molecule has 2 heterocycles. The molecule has 1 aliphatic heterocycles. The molecule has 1 N–H and O–H groups in total. The third-order valence-corrected chi connectivity index (χ3v) is 4.78. The minimum atomic E-state index is 0.725. The zero-order chi connectivity index (χ0) is 15.2. The molecule has 22 heavy (non-hydrogen) atoms. The van der Waals surface area contributed by atoms with Gasteiger partial charge in [-0.05, 0) is 29.3 Å². The minimum absolute atomic E-state index is 0.725. The van der Waals surface area contributed by atoms with Crippen molar-refractivity contribution < 1.29 is 0 Å². The highest BCUT2D eigenvalue weighted by Gasteiger charge is 2.12. The Balaban J connectivity index is 1.49. The van der Waals surface area contributed by atoms with Crippen LogP contribution in [0.15, 0.2) is 58.3 Å². The Morgan fingerprint density at radius 1 is 1.23 bits per heavy atom. The molecule has 3 rings (SSSR count). The predicted molar refractivity (Wildman–Crippen MR) is 95.5 cm³/mol. The van der Waals surface area contributed by atoms with E-state index >= 15 is 0 Å². The molecule has 1 aromatic carbocycles. The van der Waals surface area contributed by atoms with Gasteiger partial charge < -0.3 is 5.32 Å². The van der Waals surface area contributed by atoms with Crippen LogP contribution in [0.5, 0.6) is 0 Å². The second-order valence-electron chi connectivity index (χ2n) is 5.05. The van der Waals surface area contributed by atoms with Gasteiger partial charge in [-0.2, -0.15) is 0 Å². The van der Waals surface area contributed by atoms with E-state index in [9.17, 15) is 0 Å². The SMILES string of the molecule is Brc1cccc(CSC2=NCN(Cc3cccnc3)CN2)c1. The van der Waals surface area contributed by atoms with Gasteiger partial charge >= 0.3 is 0 Å². The average molecular weight is 377 g/mol. The van der Waals surface area contributed by atoms with Crippen molar-refractivity contribution in [3.63, 3.8) is 0 Å². The van der Waals surface area contributed by atoms with Crippen molar-refractivity contribution in [1.29, 1.82) is 0 Å². The second-order valence-corrected chi connectivity index (χ2v) is 6.93. The van der Waals surface area contributed by atoms with E-state index in [-0.39, 0.29) is 0 Å². The molecule has 4 nitrogen and oxygen atoms in total. The van der Waals surface area contributed by atoms with Crippen molar-refractivity contribution in [2.24, 2.45) is 4.99 Å². The van der Waals surface area contributed by atoms with Crippen LogP contribution in [-0.4, -0.2) is 28.4 Å². The van der Waals surface area contributed by atoms with Gasteiger partial charge in [0.15, 0.2) is 5.17 Å². The Kier molecular flexibility index (Phi) is 5.48. The van der Waals surface area contributed by atoms with Crippen LogP contribution in [0, 0.1) is 0 Å². The number of thioether (sulfide) groups is 1. The number of nitrogens with zero attached hydrogens (tertiary/aromatic N) is 3. The van der Waals surface area contributed by atoms with E-state index in [0.717, 1.165) is 35.3 Å². The van der Waals surface area contributed by atoms with Crippen LogP contribution in [0.4, 0.5) is 0 Å². The summed E-state index contributed by atoms with van der Waals surface area (Å²) < 4.78 is 1.12. The molecule has 0 saturated carbocycles. The smallest absolute Gasteiger partial charge is 0.159 e. The zero-order valence-corrected chi connectivity index (χ0v) is 14.5. The Labute approximate surface area is 143 Å². The Hall–Kier alpha value is -1.37. The quantitative estimate of drug-likeness (QED) is 0.886. The molecule has 0 bridgehead atoms. The van der Waals surface area contributed by atoms with Crippen LogP contribution in [0.3, 0.4) is 0 Å². The maximum Gasteiger partial charge on any atom is 0.159 e. The first-order valence-electron chi connectivity index (χ1n) is 7.06. The number of rotatable bonds is 4. The molecule has 1 aromatic heterocycles. The molecule has 114 valence electrons. The molecule has 6 heteroatoms. The lowest BCUT2D eigenvalue weighted by Gasteiger charge is -2.26. The van der Waals surface area contributed by atoms with Gasteiger partial charge in [-0.25, -0.2) is 4.99 Å². The highest BCUT2D eigenvalue weighted by molar-refractivity contribution is 9.10. The standard InChI is InChI=1S/C16H17BrN4S/c17-15-5-1-3-13(7-15)10-22-16-19-11-21(12-20-16)9-14-4-2-6-18-8-14/h1-8H,9-12H2,(H,19,20). The summed E-state index contributed by atoms with van der Waals surface area (Å²) in [5, 5.41) is 4.40. The first-order valence-corrected chi connectivity index (χ1v) is 8.84. The topological polar surface area (TPSA) is 40.5 Å². The summed E-state index contributed by atoms with van der Waals surface area (Å²) in [5.41, 5.74) is 2.51. The number of pyridine rings is 1. The number of aromatic nitrogens is 1. The molecule has 0 radical (unpaired) electrons. The number of amidine groups is 1. The maximum atomic E-state index is 4.61. The highest BCUT2D eigenvalue weighted by atomic mass is 79.9. The molecular formula is C16H17BrN4S. The van der Waals surface area contributed by atoms with Gasteiger partial charge in [-0.1, -0.05) is 45.9 Å². The number of hydrogen-bond acceptors (Lipinski definition) is 5. The summed E-state index contributed by atoms with van der Waals surface area (Å²) in [4.78, 5) is 11.0. The van der Waals surface area contributed by atoms with Gasteiger partial charge in [0.05, 0.1) is 13.3 Å². The van der Waals surface area contributed by atoms with Crippen LogP contribution in [0.2, 0.25) is 0 Å². The van der Waals surface area contributed by atoms with Crippen molar-refractivity contribution in [3.8, 4) is 0 Å². The fourth-order valence-electron chi connectivity index (χ4n) is 2.18. The third kappa shape index (κ3) is 4.56. The lowest BCUT2D eigenvalue weighted by Crippen LogP contribution is -2.41. The molecule has 2 aromatic rings. The second kappa shape index (κ2) is 7.76. The summed E-state index contributed by atoms with van der Waals surface area (Å²) in [5.74, 6) is 0.924. The molecule has 0 unspecified atom stereocenters. The van der Waals surface area contributed by atoms with Crippen molar-refractivity contribution in [2.45, 2.75) is 12.3 Å². The molecule has 0 amide bonds. The van der Waals surface area contributed by atoms with Gasteiger partial charge in [0.25, 0.3) is 0 Å². The number of hydrogen-bond donors (Lipinski definition) is 1. The first-order chi connectivity index (χ1) is 10.8. The fraction of sp³-hybridized carbons (Fsp3) is 0.250. The van der Waals surface area contributed by atoms with Crippen LogP contribution in [0.1, 0.15) is 11.1 Å². The number of nitrogens with one attached hydrogen (secondary N) is 1. The lowest BCUT2D eigenvalue weighted by molar-refractivity contribution is 0.258. The normalized spacial score (nSPS) is 15.2. The predicted octanol–water partition coefficient (Wildman–Crippen LogP) is 3.45. The Bertz CT molecular complexity index is 648. The summed E-state index contributed by atoms with van der Waals surface area (Å²) in [6.45, 7) is 2.41. The van der Waals surface area contributed by atoms with Gasteiger partial charge in [-0.3, -0.25) is 9.88 Å². The summed E-state index contributed by atoms with van der Waals surface area (Å²) in [7, 11) is 0. The van der Waals surface area contributed by atoms with E-state index in [2.05, 4.69) is 60.4 Å². The number of aliphatic imine (C=N–C) groups is 1. The summed E-state index contributed by atoms with van der Waals surface area (Å²) in [6, 6.07) is 12.4. The molecule has 0 aliphatic carbocycles. The molecule has 0 fully saturated rings. The van der Waals surface area contributed by atoms with Crippen molar-refractivity contribution in [3.05, 3.63) is 64.4 Å². The number of benzene rings is 1. The van der Waals surface area contributed by atoms with Crippen LogP contribution >= 0.6 is 27.7 Å². The van der Waals surface area contributed by atoms with E-state index in [1.165, 1.54) is 11.1 Å². The van der Waals surface area contributed by atoms with E-state index in [1.54, 1.807) is 18.0 Å². The molecule has 0 spiro atoms. The van der Waals surface area contributed by atoms with Crippen molar-refractivity contribution in [1.82, 2.24) is 15.2 Å². The highest BCUT2D eigenvalue weighted by Crippen LogP contribution is 2.18. The van der Waals surface area contributed by atoms with E-state index < -0.39 is 0 Å². The minimum Gasteiger partial charge on any atom is -0.352 e. The van der Waals surface area contributed by atoms with E-state index in [0.29, 0.717) is 0 Å². The monoisotopic (exact) mass is 376 g/mol. The largest absolute Gasteiger partial charge is 0.352 e.